The Hall–Kier alpha value is -3.23. The van der Waals surface area contributed by atoms with Crippen molar-refractivity contribution in [3.05, 3.63) is 83.4 Å². The third-order valence-corrected chi connectivity index (χ3v) is 7.20. The van der Waals surface area contributed by atoms with Gasteiger partial charge < -0.3 is 14.8 Å². The van der Waals surface area contributed by atoms with Crippen LogP contribution in [0.3, 0.4) is 0 Å². The summed E-state index contributed by atoms with van der Waals surface area (Å²) in [6, 6.07) is 20.3. The van der Waals surface area contributed by atoms with Gasteiger partial charge in [-0.15, -0.1) is 0 Å². The fourth-order valence-electron chi connectivity index (χ4n) is 3.48. The van der Waals surface area contributed by atoms with E-state index in [9.17, 15) is 13.2 Å². The molecule has 0 aliphatic carbocycles. The largest absolute Gasteiger partial charge is 0.491 e. The first-order valence-corrected chi connectivity index (χ1v) is 12.2. The first kappa shape index (κ1) is 22.9. The van der Waals surface area contributed by atoms with Gasteiger partial charge in [-0.05, 0) is 48.9 Å². The predicted octanol–water partition coefficient (Wildman–Crippen LogP) is 3.80. The van der Waals surface area contributed by atoms with Gasteiger partial charge in [-0.1, -0.05) is 48.0 Å². The van der Waals surface area contributed by atoms with E-state index in [-0.39, 0.29) is 30.3 Å². The SMILES string of the molecule is Cc1ccccc1OCCNC(=O)C1CN(S(=O)(=O)c2ccccc2)c2cc(Cl)ccc2O1. The van der Waals surface area contributed by atoms with Crippen LogP contribution < -0.4 is 19.1 Å². The Morgan fingerprint density at radius 1 is 1.12 bits per heavy atom. The average Bonchev–Trinajstić information content (AvgIpc) is 2.82. The van der Waals surface area contributed by atoms with E-state index in [4.69, 9.17) is 21.1 Å². The number of fused-ring (bicyclic) bond motifs is 1. The molecule has 0 spiro atoms. The molecule has 1 atom stereocenters. The van der Waals surface area contributed by atoms with Crippen molar-refractivity contribution in [3.63, 3.8) is 0 Å². The zero-order valence-electron chi connectivity index (χ0n) is 17.9. The standard InChI is InChI=1S/C24H23ClN2O5S/c1-17-7-5-6-10-21(17)31-14-13-26-24(28)23-16-27(20-15-18(25)11-12-22(20)32-23)33(29,30)19-8-3-2-4-9-19/h2-12,15,23H,13-14,16H2,1H3,(H,26,28). The number of nitrogens with one attached hydrogen (secondary N) is 1. The molecular weight excluding hydrogens is 464 g/mol. The van der Waals surface area contributed by atoms with E-state index in [0.29, 0.717) is 10.7 Å². The molecule has 1 aliphatic rings. The molecule has 1 unspecified atom stereocenters. The van der Waals surface area contributed by atoms with Crippen LogP contribution in [0.5, 0.6) is 11.5 Å². The molecule has 172 valence electrons. The molecule has 0 bridgehead atoms. The molecule has 9 heteroatoms. The third-order valence-electron chi connectivity index (χ3n) is 5.17. The van der Waals surface area contributed by atoms with Crippen molar-refractivity contribution in [2.45, 2.75) is 17.9 Å². The maximum absolute atomic E-state index is 13.4. The summed E-state index contributed by atoms with van der Waals surface area (Å²) < 4.78 is 39.4. The van der Waals surface area contributed by atoms with Gasteiger partial charge >= 0.3 is 0 Å². The van der Waals surface area contributed by atoms with Crippen molar-refractivity contribution in [2.75, 3.05) is 24.0 Å². The number of benzene rings is 3. The molecule has 3 aromatic rings. The number of para-hydroxylation sites is 1. The molecule has 0 aromatic heterocycles. The van der Waals surface area contributed by atoms with Gasteiger partial charge in [0, 0.05) is 5.02 Å². The van der Waals surface area contributed by atoms with Crippen LogP contribution in [0, 0.1) is 6.92 Å². The van der Waals surface area contributed by atoms with Crippen LogP contribution in [-0.4, -0.2) is 40.1 Å². The number of ether oxygens (including phenoxy) is 2. The number of aryl methyl sites for hydroxylation is 1. The highest BCUT2D eigenvalue weighted by Crippen LogP contribution is 2.38. The van der Waals surface area contributed by atoms with Gasteiger partial charge in [0.1, 0.15) is 18.1 Å². The highest BCUT2D eigenvalue weighted by Gasteiger charge is 2.37. The van der Waals surface area contributed by atoms with Crippen molar-refractivity contribution >= 4 is 33.2 Å². The molecule has 1 aliphatic heterocycles. The highest BCUT2D eigenvalue weighted by molar-refractivity contribution is 7.92. The lowest BCUT2D eigenvalue weighted by Gasteiger charge is -2.34. The van der Waals surface area contributed by atoms with Crippen LogP contribution in [0.1, 0.15) is 5.56 Å². The first-order valence-electron chi connectivity index (χ1n) is 10.4. The fourth-order valence-corrected chi connectivity index (χ4v) is 5.13. The van der Waals surface area contributed by atoms with E-state index in [1.165, 1.54) is 22.5 Å². The molecule has 1 heterocycles. The monoisotopic (exact) mass is 486 g/mol. The molecule has 0 saturated carbocycles. The van der Waals surface area contributed by atoms with E-state index in [1.54, 1.807) is 30.3 Å². The lowest BCUT2D eigenvalue weighted by Crippen LogP contribution is -2.51. The predicted molar refractivity (Wildman–Crippen MR) is 127 cm³/mol. The van der Waals surface area contributed by atoms with E-state index < -0.39 is 22.0 Å². The summed E-state index contributed by atoms with van der Waals surface area (Å²) in [7, 11) is -3.93. The van der Waals surface area contributed by atoms with E-state index in [2.05, 4.69) is 5.32 Å². The Balaban J connectivity index is 1.49. The number of anilines is 1. The van der Waals surface area contributed by atoms with Crippen LogP contribution in [0.2, 0.25) is 5.02 Å². The summed E-state index contributed by atoms with van der Waals surface area (Å²) in [5.41, 5.74) is 1.29. The van der Waals surface area contributed by atoms with Crippen LogP contribution in [0.4, 0.5) is 5.69 Å². The number of hydrogen-bond donors (Lipinski definition) is 1. The zero-order valence-corrected chi connectivity index (χ0v) is 19.5. The maximum Gasteiger partial charge on any atom is 0.264 e. The minimum Gasteiger partial charge on any atom is -0.491 e. The summed E-state index contributed by atoms with van der Waals surface area (Å²) >= 11 is 6.11. The Morgan fingerprint density at radius 2 is 1.85 bits per heavy atom. The Bertz CT molecular complexity index is 1250. The van der Waals surface area contributed by atoms with Crippen LogP contribution in [0.25, 0.3) is 0 Å². The molecule has 33 heavy (non-hydrogen) atoms. The third kappa shape index (κ3) is 5.07. The molecule has 1 amide bonds. The lowest BCUT2D eigenvalue weighted by atomic mass is 10.2. The second-order valence-corrected chi connectivity index (χ2v) is 9.77. The van der Waals surface area contributed by atoms with Gasteiger partial charge in [-0.3, -0.25) is 9.10 Å². The number of hydrogen-bond acceptors (Lipinski definition) is 5. The zero-order chi connectivity index (χ0) is 23.4. The van der Waals surface area contributed by atoms with Crippen molar-refractivity contribution in [1.29, 1.82) is 0 Å². The number of rotatable bonds is 7. The quantitative estimate of drug-likeness (QED) is 0.513. The molecule has 1 N–H and O–H groups in total. The number of halogens is 1. The second-order valence-electron chi connectivity index (χ2n) is 7.47. The Morgan fingerprint density at radius 3 is 2.61 bits per heavy atom. The second kappa shape index (κ2) is 9.72. The molecule has 0 saturated heterocycles. The summed E-state index contributed by atoms with van der Waals surface area (Å²) in [4.78, 5) is 12.9. The number of nitrogens with zero attached hydrogens (tertiary/aromatic N) is 1. The first-order chi connectivity index (χ1) is 15.9. The minimum atomic E-state index is -3.93. The molecular formula is C24H23ClN2O5S. The summed E-state index contributed by atoms with van der Waals surface area (Å²) in [5.74, 6) is 0.574. The van der Waals surface area contributed by atoms with Gasteiger partial charge in [-0.25, -0.2) is 8.42 Å². The van der Waals surface area contributed by atoms with Crippen LogP contribution in [0.15, 0.2) is 77.7 Å². The smallest absolute Gasteiger partial charge is 0.264 e. The summed E-state index contributed by atoms with van der Waals surface area (Å²) in [6.07, 6.45) is -1.03. The van der Waals surface area contributed by atoms with Crippen molar-refractivity contribution in [2.24, 2.45) is 0 Å². The maximum atomic E-state index is 13.4. The summed E-state index contributed by atoms with van der Waals surface area (Å²) in [6.45, 7) is 2.26. The molecule has 0 fully saturated rings. The van der Waals surface area contributed by atoms with Gasteiger partial charge in [-0.2, -0.15) is 0 Å². The van der Waals surface area contributed by atoms with Gasteiger partial charge in [0.25, 0.3) is 15.9 Å². The molecule has 4 rings (SSSR count). The number of sulfonamides is 1. The van der Waals surface area contributed by atoms with Crippen LogP contribution >= 0.6 is 11.6 Å². The van der Waals surface area contributed by atoms with Gasteiger partial charge in [0.2, 0.25) is 0 Å². The average molecular weight is 487 g/mol. The molecule has 0 radical (unpaired) electrons. The van der Waals surface area contributed by atoms with Gasteiger partial charge in [0.15, 0.2) is 6.10 Å². The van der Waals surface area contributed by atoms with Crippen LogP contribution in [-0.2, 0) is 14.8 Å². The van der Waals surface area contributed by atoms with Crippen molar-refractivity contribution in [3.8, 4) is 11.5 Å². The Labute approximate surface area is 197 Å². The number of carbonyl (C=O) groups is 1. The van der Waals surface area contributed by atoms with Crippen molar-refractivity contribution in [1.82, 2.24) is 5.32 Å². The summed E-state index contributed by atoms with van der Waals surface area (Å²) in [5, 5.41) is 3.12. The van der Waals surface area contributed by atoms with E-state index >= 15 is 0 Å². The molecule has 3 aromatic carbocycles. The molecule has 7 nitrogen and oxygen atoms in total. The number of amides is 1. The minimum absolute atomic E-state index is 0.114. The normalized spacial score (nSPS) is 15.3. The lowest BCUT2D eigenvalue weighted by molar-refractivity contribution is -0.127. The van der Waals surface area contributed by atoms with E-state index in [0.717, 1.165) is 11.3 Å². The Kier molecular flexibility index (Phi) is 6.76. The topological polar surface area (TPSA) is 84.9 Å². The number of carbonyl (C=O) groups excluding carboxylic acids is 1. The fraction of sp³-hybridized carbons (Fsp3) is 0.208. The highest BCUT2D eigenvalue weighted by atomic mass is 35.5. The van der Waals surface area contributed by atoms with Crippen molar-refractivity contribution < 1.29 is 22.7 Å². The van der Waals surface area contributed by atoms with E-state index in [1.807, 2.05) is 31.2 Å². The van der Waals surface area contributed by atoms with Gasteiger partial charge in [0.05, 0.1) is 23.7 Å².